The molecular formula is C18H21ClFN3O2. The molecule has 0 bridgehead atoms. The molecule has 7 heteroatoms. The summed E-state index contributed by atoms with van der Waals surface area (Å²) in [6.07, 6.45) is 3.81. The van der Waals surface area contributed by atoms with E-state index in [9.17, 15) is 9.18 Å². The van der Waals surface area contributed by atoms with Crippen LogP contribution in [0, 0.1) is 5.82 Å². The van der Waals surface area contributed by atoms with E-state index in [1.165, 1.54) is 12.1 Å². The van der Waals surface area contributed by atoms with Crippen molar-refractivity contribution < 1.29 is 13.9 Å². The molecule has 0 radical (unpaired) electrons. The van der Waals surface area contributed by atoms with Crippen LogP contribution in [0.4, 0.5) is 4.39 Å². The van der Waals surface area contributed by atoms with Gasteiger partial charge in [0, 0.05) is 32.0 Å². The number of carbonyl (C=O) groups excluding carboxylic acids is 1. The van der Waals surface area contributed by atoms with Gasteiger partial charge in [0.15, 0.2) is 0 Å². The van der Waals surface area contributed by atoms with E-state index >= 15 is 0 Å². The lowest BCUT2D eigenvalue weighted by atomic mass is 10.0. The number of rotatable bonds is 5. The monoisotopic (exact) mass is 365 g/mol. The van der Waals surface area contributed by atoms with Crippen molar-refractivity contribution in [1.29, 1.82) is 0 Å². The van der Waals surface area contributed by atoms with E-state index in [-0.39, 0.29) is 43.2 Å². The van der Waals surface area contributed by atoms with Gasteiger partial charge in [0.2, 0.25) is 5.91 Å². The van der Waals surface area contributed by atoms with Crippen LogP contribution >= 0.6 is 12.4 Å². The molecular weight excluding hydrogens is 345 g/mol. The van der Waals surface area contributed by atoms with Gasteiger partial charge in [-0.25, -0.2) is 4.39 Å². The van der Waals surface area contributed by atoms with Crippen molar-refractivity contribution in [3.8, 4) is 5.75 Å². The number of nitrogens with one attached hydrogen (secondary N) is 1. The van der Waals surface area contributed by atoms with Crippen LogP contribution in [0.3, 0.4) is 0 Å². The lowest BCUT2D eigenvalue weighted by Crippen LogP contribution is -2.49. The van der Waals surface area contributed by atoms with Gasteiger partial charge < -0.3 is 15.0 Å². The van der Waals surface area contributed by atoms with E-state index in [1.54, 1.807) is 24.5 Å². The van der Waals surface area contributed by atoms with Crippen LogP contribution in [-0.4, -0.2) is 42.0 Å². The Morgan fingerprint density at radius 1 is 1.32 bits per heavy atom. The Hall–Kier alpha value is -2.18. The third-order valence-electron chi connectivity index (χ3n) is 4.03. The Morgan fingerprint density at radius 3 is 2.84 bits per heavy atom. The van der Waals surface area contributed by atoms with E-state index in [4.69, 9.17) is 4.74 Å². The van der Waals surface area contributed by atoms with Crippen molar-refractivity contribution in [3.63, 3.8) is 0 Å². The largest absolute Gasteiger partial charge is 0.493 e. The Morgan fingerprint density at radius 2 is 2.12 bits per heavy atom. The molecule has 3 rings (SSSR count). The highest BCUT2D eigenvalue weighted by atomic mass is 35.5. The minimum Gasteiger partial charge on any atom is -0.493 e. The van der Waals surface area contributed by atoms with Gasteiger partial charge in [-0.05, 0) is 35.9 Å². The van der Waals surface area contributed by atoms with Gasteiger partial charge in [0.1, 0.15) is 11.6 Å². The highest BCUT2D eigenvalue weighted by Gasteiger charge is 2.27. The maximum atomic E-state index is 12.9. The summed E-state index contributed by atoms with van der Waals surface area (Å²) in [6, 6.07) is 9.65. The maximum Gasteiger partial charge on any atom is 0.226 e. The van der Waals surface area contributed by atoms with Gasteiger partial charge in [-0.3, -0.25) is 9.78 Å². The number of pyridine rings is 1. The molecule has 1 atom stereocenters. The lowest BCUT2D eigenvalue weighted by molar-refractivity contribution is -0.135. The van der Waals surface area contributed by atoms with Gasteiger partial charge in [-0.2, -0.15) is 0 Å². The molecule has 1 aliphatic heterocycles. The van der Waals surface area contributed by atoms with Crippen molar-refractivity contribution in [2.24, 2.45) is 0 Å². The van der Waals surface area contributed by atoms with Crippen molar-refractivity contribution in [2.45, 2.75) is 12.5 Å². The molecule has 1 saturated heterocycles. The van der Waals surface area contributed by atoms with Crippen molar-refractivity contribution in [3.05, 3.63) is 60.2 Å². The van der Waals surface area contributed by atoms with Crippen molar-refractivity contribution >= 4 is 18.3 Å². The minimum atomic E-state index is -0.307. The maximum absolute atomic E-state index is 12.9. The first-order chi connectivity index (χ1) is 11.7. The molecule has 1 amide bonds. The Labute approximate surface area is 152 Å². The summed E-state index contributed by atoms with van der Waals surface area (Å²) < 4.78 is 18.4. The number of nitrogens with zero attached hydrogens (tertiary/aromatic N) is 2. The number of hydrogen-bond acceptors (Lipinski definition) is 4. The second-order valence-electron chi connectivity index (χ2n) is 5.65. The first kappa shape index (κ1) is 19.1. The molecule has 1 aliphatic rings. The summed E-state index contributed by atoms with van der Waals surface area (Å²) in [5.74, 6) is 0.305. The van der Waals surface area contributed by atoms with Crippen LogP contribution in [0.5, 0.6) is 5.75 Å². The molecule has 0 saturated carbocycles. The average molecular weight is 366 g/mol. The predicted molar refractivity (Wildman–Crippen MR) is 95.3 cm³/mol. The summed E-state index contributed by atoms with van der Waals surface area (Å²) in [4.78, 5) is 18.6. The highest BCUT2D eigenvalue weighted by molar-refractivity contribution is 5.85. The normalized spacial score (nSPS) is 16.8. The fourth-order valence-corrected chi connectivity index (χ4v) is 2.80. The van der Waals surface area contributed by atoms with Crippen LogP contribution in [0.1, 0.15) is 18.0 Å². The van der Waals surface area contributed by atoms with Gasteiger partial charge in [0.05, 0.1) is 19.1 Å². The summed E-state index contributed by atoms with van der Waals surface area (Å²) in [6.45, 7) is 2.43. The summed E-state index contributed by atoms with van der Waals surface area (Å²) in [5.41, 5.74) is 1.03. The van der Waals surface area contributed by atoms with Crippen LogP contribution < -0.4 is 10.1 Å². The molecule has 1 unspecified atom stereocenters. The number of ether oxygens (including phenoxy) is 1. The molecule has 1 fully saturated rings. The zero-order chi connectivity index (χ0) is 16.8. The quantitative estimate of drug-likeness (QED) is 0.884. The SMILES string of the molecule is Cl.O=C(CCOc1ccc(F)cc1)N1CCNCC1c1cccnc1. The molecule has 25 heavy (non-hydrogen) atoms. The fraction of sp³-hybridized carbons (Fsp3) is 0.333. The highest BCUT2D eigenvalue weighted by Crippen LogP contribution is 2.22. The Kier molecular flexibility index (Phi) is 7.16. The number of benzene rings is 1. The van der Waals surface area contributed by atoms with Crippen LogP contribution in [0.2, 0.25) is 0 Å². The number of halogens is 2. The number of piperazine rings is 1. The average Bonchev–Trinajstić information content (AvgIpc) is 2.64. The zero-order valence-electron chi connectivity index (χ0n) is 13.7. The van der Waals surface area contributed by atoms with Crippen LogP contribution in [-0.2, 0) is 4.79 Å². The van der Waals surface area contributed by atoms with E-state index in [0.717, 1.165) is 18.7 Å². The first-order valence-electron chi connectivity index (χ1n) is 8.02. The fourth-order valence-electron chi connectivity index (χ4n) is 2.80. The molecule has 134 valence electrons. The van der Waals surface area contributed by atoms with Crippen LogP contribution in [0.25, 0.3) is 0 Å². The Balaban J connectivity index is 0.00000225. The van der Waals surface area contributed by atoms with Gasteiger partial charge >= 0.3 is 0 Å². The zero-order valence-corrected chi connectivity index (χ0v) is 14.5. The van der Waals surface area contributed by atoms with Crippen molar-refractivity contribution in [1.82, 2.24) is 15.2 Å². The molecule has 1 aromatic heterocycles. The molecule has 2 aromatic rings. The predicted octanol–water partition coefficient (Wildman–Crippen LogP) is 2.58. The van der Waals surface area contributed by atoms with Gasteiger partial charge in [-0.15, -0.1) is 12.4 Å². The number of hydrogen-bond donors (Lipinski definition) is 1. The minimum absolute atomic E-state index is 0. The van der Waals surface area contributed by atoms with Gasteiger partial charge in [0.25, 0.3) is 0 Å². The van der Waals surface area contributed by atoms with Crippen molar-refractivity contribution in [2.75, 3.05) is 26.2 Å². The molecule has 1 N–H and O–H groups in total. The molecule has 0 spiro atoms. The van der Waals surface area contributed by atoms with Gasteiger partial charge in [-0.1, -0.05) is 6.07 Å². The van der Waals surface area contributed by atoms with E-state index in [1.807, 2.05) is 17.0 Å². The second kappa shape index (κ2) is 9.34. The van der Waals surface area contributed by atoms with E-state index < -0.39 is 0 Å². The third kappa shape index (κ3) is 5.14. The summed E-state index contributed by atoms with van der Waals surface area (Å²) >= 11 is 0. The molecule has 2 heterocycles. The summed E-state index contributed by atoms with van der Waals surface area (Å²) in [7, 11) is 0. The van der Waals surface area contributed by atoms with E-state index in [2.05, 4.69) is 10.3 Å². The smallest absolute Gasteiger partial charge is 0.226 e. The number of carbonyl (C=O) groups is 1. The van der Waals surface area contributed by atoms with Crippen LogP contribution in [0.15, 0.2) is 48.8 Å². The second-order valence-corrected chi connectivity index (χ2v) is 5.65. The Bertz CT molecular complexity index is 670. The van der Waals surface area contributed by atoms with E-state index in [0.29, 0.717) is 12.3 Å². The standard InChI is InChI=1S/C18H20FN3O2.ClH/c19-15-3-5-16(6-4-15)24-11-7-18(23)22-10-9-21-13-17(22)14-2-1-8-20-12-14;/h1-6,8,12,17,21H,7,9-11,13H2;1H. The lowest BCUT2D eigenvalue weighted by Gasteiger charge is -2.36. The third-order valence-corrected chi connectivity index (χ3v) is 4.03. The first-order valence-corrected chi connectivity index (χ1v) is 8.02. The number of amides is 1. The molecule has 1 aromatic carbocycles. The topological polar surface area (TPSA) is 54.5 Å². The summed E-state index contributed by atoms with van der Waals surface area (Å²) in [5, 5.41) is 3.32. The molecule has 0 aliphatic carbocycles. The molecule has 5 nitrogen and oxygen atoms in total. The number of aromatic nitrogens is 1.